The minimum atomic E-state index is -0.515. The van der Waals surface area contributed by atoms with Crippen LogP contribution in [-0.2, 0) is 0 Å². The molecule has 8 heteroatoms. The number of hydrogen-bond acceptors (Lipinski definition) is 6. The Kier molecular flexibility index (Phi) is 4.02. The normalized spacial score (nSPS) is 10.2. The van der Waals surface area contributed by atoms with Gasteiger partial charge in [-0.2, -0.15) is 0 Å². The van der Waals surface area contributed by atoms with Gasteiger partial charge in [-0.15, -0.1) is 0 Å². The predicted molar refractivity (Wildman–Crippen MR) is 78.2 cm³/mol. The van der Waals surface area contributed by atoms with Crippen molar-refractivity contribution in [2.24, 2.45) is 5.84 Å². The van der Waals surface area contributed by atoms with Gasteiger partial charge in [-0.25, -0.2) is 10.8 Å². The van der Waals surface area contributed by atoms with Crippen LogP contribution in [0.25, 0.3) is 0 Å². The average Bonchev–Trinajstić information content (AvgIpc) is 2.42. The van der Waals surface area contributed by atoms with Gasteiger partial charge in [0.15, 0.2) is 0 Å². The van der Waals surface area contributed by atoms with Gasteiger partial charge in [-0.1, -0.05) is 17.7 Å². The third-order valence-electron chi connectivity index (χ3n) is 2.63. The van der Waals surface area contributed by atoms with Crippen LogP contribution in [0.4, 0.5) is 23.0 Å². The summed E-state index contributed by atoms with van der Waals surface area (Å²) in [6, 6.07) is 7.88. The summed E-state index contributed by atoms with van der Waals surface area (Å²) in [5, 5.41) is 14.4. The van der Waals surface area contributed by atoms with Crippen LogP contribution in [0.2, 0.25) is 5.02 Å². The zero-order valence-corrected chi connectivity index (χ0v) is 11.3. The molecule has 1 aromatic carbocycles. The molecule has 2 rings (SSSR count). The molecule has 1 aromatic heterocycles. The number of halogens is 1. The largest absolute Gasteiger partial charge is 0.340 e. The number of nitrogen functional groups attached to an aromatic ring is 1. The second kappa shape index (κ2) is 5.72. The maximum atomic E-state index is 10.9. The lowest BCUT2D eigenvalue weighted by Crippen LogP contribution is -2.10. The molecule has 0 aliphatic carbocycles. The summed E-state index contributed by atoms with van der Waals surface area (Å²) in [5.41, 5.74) is 3.83. The summed E-state index contributed by atoms with van der Waals surface area (Å²) in [7, 11) is 0. The van der Waals surface area contributed by atoms with E-state index < -0.39 is 4.92 Å². The van der Waals surface area contributed by atoms with E-state index in [9.17, 15) is 10.1 Å². The molecule has 0 aliphatic heterocycles. The number of aryl methyl sites for hydroxylation is 1. The molecule has 20 heavy (non-hydrogen) atoms. The number of rotatable bonds is 4. The van der Waals surface area contributed by atoms with Crippen LogP contribution in [0.1, 0.15) is 5.56 Å². The molecule has 0 saturated heterocycles. The number of hydrazine groups is 1. The summed E-state index contributed by atoms with van der Waals surface area (Å²) in [6.45, 7) is 1.89. The van der Waals surface area contributed by atoms with E-state index >= 15 is 0 Å². The summed E-state index contributed by atoms with van der Waals surface area (Å²) in [4.78, 5) is 14.4. The van der Waals surface area contributed by atoms with E-state index in [0.717, 1.165) is 5.56 Å². The Morgan fingerprint density at radius 3 is 2.65 bits per heavy atom. The number of hydrogen-bond donors (Lipinski definition) is 3. The van der Waals surface area contributed by atoms with Crippen LogP contribution in [0.5, 0.6) is 0 Å². The topological polar surface area (TPSA) is 106 Å². The lowest BCUT2D eigenvalue weighted by Gasteiger charge is -2.10. The van der Waals surface area contributed by atoms with Crippen molar-refractivity contribution >= 4 is 34.6 Å². The number of nitrogens with two attached hydrogens (primary N) is 1. The van der Waals surface area contributed by atoms with Crippen LogP contribution >= 0.6 is 11.6 Å². The van der Waals surface area contributed by atoms with Crippen molar-refractivity contribution in [1.82, 2.24) is 4.98 Å². The van der Waals surface area contributed by atoms with Crippen LogP contribution in [0, 0.1) is 17.0 Å². The first-order valence-corrected chi connectivity index (χ1v) is 6.03. The van der Waals surface area contributed by atoms with Crippen molar-refractivity contribution < 1.29 is 4.92 Å². The summed E-state index contributed by atoms with van der Waals surface area (Å²) in [6.07, 6.45) is 0. The van der Waals surface area contributed by atoms with Crippen molar-refractivity contribution in [2.75, 3.05) is 10.7 Å². The average molecular weight is 294 g/mol. The van der Waals surface area contributed by atoms with Gasteiger partial charge in [0.1, 0.15) is 11.6 Å². The summed E-state index contributed by atoms with van der Waals surface area (Å²) >= 11 is 5.92. The first-order valence-electron chi connectivity index (χ1n) is 5.66. The molecule has 0 unspecified atom stereocenters. The third-order valence-corrected chi connectivity index (χ3v) is 2.87. The summed E-state index contributed by atoms with van der Waals surface area (Å²) < 4.78 is 0. The smallest absolute Gasteiger partial charge is 0.276 e. The number of aromatic nitrogens is 1. The van der Waals surface area contributed by atoms with Crippen LogP contribution in [-0.4, -0.2) is 9.91 Å². The minimum Gasteiger partial charge on any atom is -0.340 e. The van der Waals surface area contributed by atoms with Gasteiger partial charge in [0.2, 0.25) is 0 Å². The molecule has 0 aliphatic rings. The molecule has 0 fully saturated rings. The Bertz CT molecular complexity index is 662. The van der Waals surface area contributed by atoms with E-state index in [1.54, 1.807) is 12.1 Å². The van der Waals surface area contributed by atoms with Gasteiger partial charge in [0.25, 0.3) is 5.69 Å². The first-order chi connectivity index (χ1) is 9.49. The molecule has 0 bridgehead atoms. The standard InChI is InChI=1S/C12H12ClN5O2/c1-7-2-3-8(13)4-10(7)15-11-5-9(18(19)20)6-12(16-11)17-14/h2-6H,14H2,1H3,(H2,15,16,17). The predicted octanol–water partition coefficient (Wildman–Crippen LogP) is 2.98. The van der Waals surface area contributed by atoms with Crippen LogP contribution in [0.15, 0.2) is 30.3 Å². The maximum Gasteiger partial charge on any atom is 0.276 e. The van der Waals surface area contributed by atoms with Crippen LogP contribution in [0.3, 0.4) is 0 Å². The molecule has 0 saturated carbocycles. The SMILES string of the molecule is Cc1ccc(Cl)cc1Nc1cc([N+](=O)[O-])cc(NN)n1. The van der Waals surface area contributed by atoms with Gasteiger partial charge >= 0.3 is 0 Å². The Hall–Kier alpha value is -2.38. The van der Waals surface area contributed by atoms with Crippen molar-refractivity contribution in [3.8, 4) is 0 Å². The monoisotopic (exact) mass is 293 g/mol. The van der Waals surface area contributed by atoms with E-state index in [2.05, 4.69) is 15.7 Å². The highest BCUT2D eigenvalue weighted by Gasteiger charge is 2.11. The van der Waals surface area contributed by atoms with Crippen molar-refractivity contribution in [2.45, 2.75) is 6.92 Å². The number of anilines is 3. The summed E-state index contributed by atoms with van der Waals surface area (Å²) in [5.74, 6) is 5.75. The fourth-order valence-corrected chi connectivity index (χ4v) is 1.80. The number of nitrogens with one attached hydrogen (secondary N) is 2. The lowest BCUT2D eigenvalue weighted by atomic mass is 10.2. The van der Waals surface area contributed by atoms with Gasteiger partial charge < -0.3 is 10.7 Å². The zero-order valence-electron chi connectivity index (χ0n) is 10.6. The zero-order chi connectivity index (χ0) is 14.7. The Labute approximate surface area is 119 Å². The molecule has 104 valence electrons. The molecule has 1 heterocycles. The molecule has 4 N–H and O–H groups in total. The molecular formula is C12H12ClN5O2. The van der Waals surface area contributed by atoms with Gasteiger partial charge in [-0.3, -0.25) is 10.1 Å². The number of nitro groups is 1. The molecule has 0 radical (unpaired) electrons. The van der Waals surface area contributed by atoms with E-state index in [0.29, 0.717) is 16.5 Å². The highest BCUT2D eigenvalue weighted by molar-refractivity contribution is 6.30. The number of pyridine rings is 1. The Morgan fingerprint density at radius 1 is 1.30 bits per heavy atom. The van der Waals surface area contributed by atoms with Gasteiger partial charge in [0.05, 0.1) is 17.1 Å². The van der Waals surface area contributed by atoms with E-state index in [-0.39, 0.29) is 11.5 Å². The van der Waals surface area contributed by atoms with E-state index in [1.807, 2.05) is 13.0 Å². The first kappa shape index (κ1) is 14.0. The Morgan fingerprint density at radius 2 is 2.00 bits per heavy atom. The highest BCUT2D eigenvalue weighted by Crippen LogP contribution is 2.26. The number of nitrogens with zero attached hydrogens (tertiary/aromatic N) is 2. The molecule has 0 amide bonds. The molecule has 0 atom stereocenters. The minimum absolute atomic E-state index is 0.116. The highest BCUT2D eigenvalue weighted by atomic mass is 35.5. The molecular weight excluding hydrogens is 282 g/mol. The quantitative estimate of drug-likeness (QED) is 0.454. The van der Waals surface area contributed by atoms with E-state index in [1.165, 1.54) is 12.1 Å². The fraction of sp³-hybridized carbons (Fsp3) is 0.0833. The maximum absolute atomic E-state index is 10.9. The molecule has 0 spiro atoms. The second-order valence-electron chi connectivity index (χ2n) is 4.08. The lowest BCUT2D eigenvalue weighted by molar-refractivity contribution is -0.384. The third kappa shape index (κ3) is 3.14. The second-order valence-corrected chi connectivity index (χ2v) is 4.52. The van der Waals surface area contributed by atoms with Gasteiger partial charge in [0, 0.05) is 10.7 Å². The van der Waals surface area contributed by atoms with Crippen molar-refractivity contribution in [3.63, 3.8) is 0 Å². The van der Waals surface area contributed by atoms with Crippen molar-refractivity contribution in [3.05, 3.63) is 51.0 Å². The van der Waals surface area contributed by atoms with Crippen molar-refractivity contribution in [1.29, 1.82) is 0 Å². The molecule has 2 aromatic rings. The van der Waals surface area contributed by atoms with Gasteiger partial charge in [-0.05, 0) is 24.6 Å². The Balaban J connectivity index is 2.39. The number of benzene rings is 1. The van der Waals surface area contributed by atoms with Crippen LogP contribution < -0.4 is 16.6 Å². The molecule has 7 nitrogen and oxygen atoms in total. The fourth-order valence-electron chi connectivity index (χ4n) is 1.63. The van der Waals surface area contributed by atoms with E-state index in [4.69, 9.17) is 17.4 Å².